The zero-order chi connectivity index (χ0) is 8.32. The highest BCUT2D eigenvalue weighted by Crippen LogP contribution is 2.50. The number of hydrogen-bond donors (Lipinski definition) is 0. The number of nitriles is 1. The van der Waals surface area contributed by atoms with E-state index < -0.39 is 0 Å². The Kier molecular flexibility index (Phi) is 2.54. The van der Waals surface area contributed by atoms with Crippen LogP contribution in [0.2, 0.25) is 0 Å². The number of hydrogen-bond acceptors (Lipinski definition) is 1. The lowest BCUT2D eigenvalue weighted by Gasteiger charge is -2.44. The van der Waals surface area contributed by atoms with Crippen LogP contribution in [0.1, 0.15) is 46.0 Å². The molecule has 0 unspecified atom stereocenters. The van der Waals surface area contributed by atoms with Crippen LogP contribution < -0.4 is 0 Å². The molecule has 0 radical (unpaired) electrons. The highest BCUT2D eigenvalue weighted by atomic mass is 14.5. The van der Waals surface area contributed by atoms with E-state index in [1.165, 1.54) is 19.3 Å². The summed E-state index contributed by atoms with van der Waals surface area (Å²) >= 11 is 0. The maximum atomic E-state index is 8.63. The molecule has 0 saturated heterocycles. The molecule has 0 spiro atoms. The summed E-state index contributed by atoms with van der Waals surface area (Å²) in [5.74, 6) is 0.376. The number of nitrogens with zero attached hydrogens (tertiary/aromatic N) is 1. The van der Waals surface area contributed by atoms with Crippen molar-refractivity contribution >= 4 is 0 Å². The first kappa shape index (κ1) is 8.59. The van der Waals surface area contributed by atoms with E-state index in [9.17, 15) is 0 Å². The van der Waals surface area contributed by atoms with Gasteiger partial charge in [-0.25, -0.2) is 0 Å². The lowest BCUT2D eigenvalue weighted by atomic mass is 9.59. The van der Waals surface area contributed by atoms with Crippen LogP contribution in [-0.2, 0) is 0 Å². The van der Waals surface area contributed by atoms with Crippen molar-refractivity contribution < 1.29 is 0 Å². The molecule has 0 N–H and O–H groups in total. The van der Waals surface area contributed by atoms with Gasteiger partial charge in [-0.15, -0.1) is 0 Å². The van der Waals surface area contributed by atoms with Crippen LogP contribution in [0.3, 0.4) is 0 Å². The topological polar surface area (TPSA) is 23.8 Å². The third kappa shape index (κ3) is 1.56. The molecule has 1 aliphatic rings. The van der Waals surface area contributed by atoms with Crippen molar-refractivity contribution in [3.05, 3.63) is 0 Å². The molecule has 1 rings (SSSR count). The molecule has 1 nitrogen and oxygen atoms in total. The molecule has 0 atom stereocenters. The SMILES string of the molecule is CCCC1(CC)CC(C#N)C1. The van der Waals surface area contributed by atoms with E-state index in [1.807, 2.05) is 0 Å². The second-order valence-corrected chi connectivity index (χ2v) is 3.84. The van der Waals surface area contributed by atoms with Crippen LogP contribution >= 0.6 is 0 Å². The first-order valence-electron chi connectivity index (χ1n) is 4.66. The molecule has 0 aromatic heterocycles. The largest absolute Gasteiger partial charge is 0.198 e. The van der Waals surface area contributed by atoms with E-state index in [-0.39, 0.29) is 0 Å². The average Bonchev–Trinajstić information content (AvgIpc) is 1.96. The van der Waals surface area contributed by atoms with Gasteiger partial charge in [0.2, 0.25) is 0 Å². The molecule has 0 aromatic rings. The summed E-state index contributed by atoms with van der Waals surface area (Å²) in [6, 6.07) is 2.35. The normalized spacial score (nSPS) is 35.9. The first-order valence-corrected chi connectivity index (χ1v) is 4.66. The van der Waals surface area contributed by atoms with Crippen LogP contribution in [-0.4, -0.2) is 0 Å². The summed E-state index contributed by atoms with van der Waals surface area (Å²) in [6.45, 7) is 4.49. The summed E-state index contributed by atoms with van der Waals surface area (Å²) in [5, 5.41) is 8.63. The lowest BCUT2D eigenvalue weighted by molar-refractivity contribution is 0.0702. The van der Waals surface area contributed by atoms with Crippen molar-refractivity contribution in [2.24, 2.45) is 11.3 Å². The van der Waals surface area contributed by atoms with E-state index in [2.05, 4.69) is 19.9 Å². The van der Waals surface area contributed by atoms with Crippen molar-refractivity contribution in [1.82, 2.24) is 0 Å². The van der Waals surface area contributed by atoms with E-state index in [1.54, 1.807) is 0 Å². The Balaban J connectivity index is 2.38. The molecule has 1 aliphatic carbocycles. The van der Waals surface area contributed by atoms with Gasteiger partial charge in [0.15, 0.2) is 0 Å². The standard InChI is InChI=1S/C10H17N/c1-3-5-10(4-2)6-9(7-10)8-11/h9H,3-7H2,1-2H3. The highest BCUT2D eigenvalue weighted by Gasteiger charge is 2.41. The van der Waals surface area contributed by atoms with Crippen LogP contribution in [0.4, 0.5) is 0 Å². The van der Waals surface area contributed by atoms with Gasteiger partial charge in [-0.3, -0.25) is 0 Å². The smallest absolute Gasteiger partial charge is 0.0656 e. The van der Waals surface area contributed by atoms with Crippen molar-refractivity contribution in [2.45, 2.75) is 46.0 Å². The van der Waals surface area contributed by atoms with Gasteiger partial charge in [0.1, 0.15) is 0 Å². The molecular formula is C10H17N. The van der Waals surface area contributed by atoms with Gasteiger partial charge < -0.3 is 0 Å². The summed E-state index contributed by atoms with van der Waals surface area (Å²) < 4.78 is 0. The molecule has 1 heteroatoms. The summed E-state index contributed by atoms with van der Waals surface area (Å²) in [5.41, 5.74) is 0.565. The summed E-state index contributed by atoms with van der Waals surface area (Å²) in [6.07, 6.45) is 6.17. The second-order valence-electron chi connectivity index (χ2n) is 3.84. The van der Waals surface area contributed by atoms with E-state index in [4.69, 9.17) is 5.26 Å². The predicted octanol–water partition coefficient (Wildman–Crippen LogP) is 3.12. The molecular weight excluding hydrogens is 134 g/mol. The Labute approximate surface area is 69.4 Å². The molecule has 0 heterocycles. The van der Waals surface area contributed by atoms with Gasteiger partial charge in [0.05, 0.1) is 6.07 Å². The summed E-state index contributed by atoms with van der Waals surface area (Å²) in [7, 11) is 0. The van der Waals surface area contributed by atoms with Gasteiger partial charge in [-0.2, -0.15) is 5.26 Å². The van der Waals surface area contributed by atoms with Crippen LogP contribution in [0.5, 0.6) is 0 Å². The molecule has 1 saturated carbocycles. The van der Waals surface area contributed by atoms with E-state index in [0.29, 0.717) is 11.3 Å². The Morgan fingerprint density at radius 1 is 1.45 bits per heavy atom. The minimum absolute atomic E-state index is 0.376. The Morgan fingerprint density at radius 3 is 2.45 bits per heavy atom. The van der Waals surface area contributed by atoms with E-state index >= 15 is 0 Å². The van der Waals surface area contributed by atoms with Crippen molar-refractivity contribution in [3.8, 4) is 6.07 Å². The van der Waals surface area contributed by atoms with Gasteiger partial charge >= 0.3 is 0 Å². The van der Waals surface area contributed by atoms with Crippen LogP contribution in [0, 0.1) is 22.7 Å². The minimum Gasteiger partial charge on any atom is -0.198 e. The molecule has 0 amide bonds. The molecule has 0 aromatic carbocycles. The van der Waals surface area contributed by atoms with Gasteiger partial charge in [0.25, 0.3) is 0 Å². The molecule has 11 heavy (non-hydrogen) atoms. The third-order valence-electron chi connectivity index (χ3n) is 3.07. The second kappa shape index (κ2) is 3.26. The lowest BCUT2D eigenvalue weighted by Crippen LogP contribution is -2.35. The summed E-state index contributed by atoms with van der Waals surface area (Å²) in [4.78, 5) is 0. The fourth-order valence-corrected chi connectivity index (χ4v) is 2.28. The van der Waals surface area contributed by atoms with Crippen LogP contribution in [0.15, 0.2) is 0 Å². The monoisotopic (exact) mass is 151 g/mol. The van der Waals surface area contributed by atoms with Crippen molar-refractivity contribution in [1.29, 1.82) is 5.26 Å². The minimum atomic E-state index is 0.376. The van der Waals surface area contributed by atoms with Crippen molar-refractivity contribution in [3.63, 3.8) is 0 Å². The maximum absolute atomic E-state index is 8.63. The third-order valence-corrected chi connectivity index (χ3v) is 3.07. The van der Waals surface area contributed by atoms with Gasteiger partial charge in [-0.1, -0.05) is 26.7 Å². The average molecular weight is 151 g/mol. The molecule has 0 aliphatic heterocycles. The zero-order valence-electron chi connectivity index (χ0n) is 7.56. The highest BCUT2D eigenvalue weighted by molar-refractivity contribution is 5.01. The Hall–Kier alpha value is -0.510. The van der Waals surface area contributed by atoms with E-state index in [0.717, 1.165) is 12.8 Å². The first-order chi connectivity index (χ1) is 5.26. The molecule has 62 valence electrons. The van der Waals surface area contributed by atoms with Gasteiger partial charge in [-0.05, 0) is 24.7 Å². The van der Waals surface area contributed by atoms with Crippen LogP contribution in [0.25, 0.3) is 0 Å². The van der Waals surface area contributed by atoms with Gasteiger partial charge in [0, 0.05) is 5.92 Å². The van der Waals surface area contributed by atoms with Crippen molar-refractivity contribution in [2.75, 3.05) is 0 Å². The molecule has 0 bridgehead atoms. The fraction of sp³-hybridized carbons (Fsp3) is 0.900. The predicted molar refractivity (Wildman–Crippen MR) is 46.0 cm³/mol. The zero-order valence-corrected chi connectivity index (χ0v) is 7.56. The quantitative estimate of drug-likeness (QED) is 0.608. The maximum Gasteiger partial charge on any atom is 0.0656 e. The Morgan fingerprint density at radius 2 is 2.09 bits per heavy atom. The Bertz CT molecular complexity index is 160. The number of rotatable bonds is 3. The fourth-order valence-electron chi connectivity index (χ4n) is 2.28. The molecule has 1 fully saturated rings.